The van der Waals surface area contributed by atoms with E-state index in [1.54, 1.807) is 31.4 Å². The van der Waals surface area contributed by atoms with Crippen molar-refractivity contribution < 1.29 is 14.3 Å². The molecule has 24 heavy (non-hydrogen) atoms. The minimum absolute atomic E-state index is 0.0587. The molecule has 0 spiro atoms. The summed E-state index contributed by atoms with van der Waals surface area (Å²) in [5.74, 6) is 0.800. The molecule has 2 amide bonds. The molecule has 0 radical (unpaired) electrons. The maximum absolute atomic E-state index is 12.2. The van der Waals surface area contributed by atoms with E-state index in [1.807, 2.05) is 24.3 Å². The number of hydrogen-bond donors (Lipinski definition) is 2. The summed E-state index contributed by atoms with van der Waals surface area (Å²) in [6, 6.07) is 14.5. The van der Waals surface area contributed by atoms with Gasteiger partial charge in [0.15, 0.2) is 0 Å². The fraction of sp³-hybridized carbons (Fsp3) is 0.263. The van der Waals surface area contributed by atoms with Crippen LogP contribution in [-0.2, 0) is 11.3 Å². The molecule has 0 aromatic heterocycles. The molecule has 124 valence electrons. The van der Waals surface area contributed by atoms with E-state index in [4.69, 9.17) is 4.74 Å². The lowest BCUT2D eigenvalue weighted by Gasteiger charge is -2.10. The van der Waals surface area contributed by atoms with Crippen molar-refractivity contribution in [2.45, 2.75) is 19.4 Å². The average molecular weight is 324 g/mol. The smallest absolute Gasteiger partial charge is 0.251 e. The minimum atomic E-state index is -0.166. The molecular formula is C19H20N2O3. The summed E-state index contributed by atoms with van der Waals surface area (Å²) in [7, 11) is 1.61. The Labute approximate surface area is 141 Å². The van der Waals surface area contributed by atoms with Gasteiger partial charge >= 0.3 is 0 Å². The van der Waals surface area contributed by atoms with Gasteiger partial charge in [-0.05, 0) is 43.2 Å². The SMILES string of the molecule is COc1ccccc1CNC(=O)c1ccc(NC(=O)C2CC2)cc1. The first-order valence-electron chi connectivity index (χ1n) is 7.98. The van der Waals surface area contributed by atoms with E-state index in [-0.39, 0.29) is 17.7 Å². The lowest BCUT2D eigenvalue weighted by molar-refractivity contribution is -0.117. The van der Waals surface area contributed by atoms with Crippen LogP contribution in [0.25, 0.3) is 0 Å². The molecule has 5 nitrogen and oxygen atoms in total. The maximum atomic E-state index is 12.2. The Morgan fingerprint density at radius 1 is 1.08 bits per heavy atom. The molecule has 0 atom stereocenters. The third-order valence-corrected chi connectivity index (χ3v) is 3.99. The Hall–Kier alpha value is -2.82. The van der Waals surface area contributed by atoms with Crippen molar-refractivity contribution in [1.82, 2.24) is 5.32 Å². The first-order chi connectivity index (χ1) is 11.7. The van der Waals surface area contributed by atoms with Gasteiger partial charge in [-0.3, -0.25) is 9.59 Å². The lowest BCUT2D eigenvalue weighted by atomic mass is 10.1. The van der Waals surface area contributed by atoms with Gasteiger partial charge < -0.3 is 15.4 Å². The van der Waals surface area contributed by atoms with Gasteiger partial charge in [0.05, 0.1) is 7.11 Å². The van der Waals surface area contributed by atoms with Crippen LogP contribution in [0.1, 0.15) is 28.8 Å². The standard InChI is InChI=1S/C19H20N2O3/c1-24-17-5-3-2-4-15(17)12-20-18(22)13-8-10-16(11-9-13)21-19(23)14-6-7-14/h2-5,8-11,14H,6-7,12H2,1H3,(H,20,22)(H,21,23). The lowest BCUT2D eigenvalue weighted by Crippen LogP contribution is -2.23. The van der Waals surface area contributed by atoms with E-state index < -0.39 is 0 Å². The number of benzene rings is 2. The monoisotopic (exact) mass is 324 g/mol. The Kier molecular flexibility index (Phi) is 4.79. The number of para-hydroxylation sites is 1. The highest BCUT2D eigenvalue weighted by Crippen LogP contribution is 2.30. The second kappa shape index (κ2) is 7.17. The highest BCUT2D eigenvalue weighted by atomic mass is 16.5. The summed E-state index contributed by atoms with van der Waals surface area (Å²) in [4.78, 5) is 23.9. The fourth-order valence-electron chi connectivity index (χ4n) is 2.42. The van der Waals surface area contributed by atoms with E-state index in [2.05, 4.69) is 10.6 Å². The fourth-order valence-corrected chi connectivity index (χ4v) is 2.42. The number of methoxy groups -OCH3 is 1. The van der Waals surface area contributed by atoms with Crippen molar-refractivity contribution in [2.24, 2.45) is 5.92 Å². The Balaban J connectivity index is 1.57. The summed E-state index contributed by atoms with van der Waals surface area (Å²) in [6.45, 7) is 0.392. The zero-order valence-corrected chi connectivity index (χ0v) is 13.5. The number of rotatable bonds is 6. The summed E-state index contributed by atoms with van der Waals surface area (Å²) in [5.41, 5.74) is 2.18. The van der Waals surface area contributed by atoms with Crippen molar-refractivity contribution in [1.29, 1.82) is 0 Å². The van der Waals surface area contributed by atoms with Crippen molar-refractivity contribution in [3.63, 3.8) is 0 Å². The average Bonchev–Trinajstić information content (AvgIpc) is 3.45. The third kappa shape index (κ3) is 3.93. The highest BCUT2D eigenvalue weighted by molar-refractivity contribution is 5.96. The van der Waals surface area contributed by atoms with Crippen LogP contribution in [-0.4, -0.2) is 18.9 Å². The number of carbonyl (C=O) groups excluding carboxylic acids is 2. The van der Waals surface area contributed by atoms with E-state index in [0.29, 0.717) is 17.8 Å². The number of hydrogen-bond acceptors (Lipinski definition) is 3. The second-order valence-corrected chi connectivity index (χ2v) is 5.84. The zero-order chi connectivity index (χ0) is 16.9. The first kappa shape index (κ1) is 16.1. The molecule has 0 heterocycles. The molecule has 3 rings (SSSR count). The predicted molar refractivity (Wildman–Crippen MR) is 92.0 cm³/mol. The predicted octanol–water partition coefficient (Wildman–Crippen LogP) is 2.97. The van der Waals surface area contributed by atoms with Crippen LogP contribution >= 0.6 is 0 Å². The number of anilines is 1. The van der Waals surface area contributed by atoms with Gasteiger partial charge in [0, 0.05) is 29.3 Å². The molecule has 1 aliphatic rings. The molecule has 1 fully saturated rings. The zero-order valence-electron chi connectivity index (χ0n) is 13.5. The topological polar surface area (TPSA) is 67.4 Å². The van der Waals surface area contributed by atoms with Crippen LogP contribution in [0, 0.1) is 5.92 Å². The van der Waals surface area contributed by atoms with Crippen LogP contribution in [0.4, 0.5) is 5.69 Å². The minimum Gasteiger partial charge on any atom is -0.496 e. The summed E-state index contributed by atoms with van der Waals surface area (Å²) in [6.07, 6.45) is 1.94. The molecular weight excluding hydrogens is 304 g/mol. The van der Waals surface area contributed by atoms with Gasteiger partial charge in [0.2, 0.25) is 5.91 Å². The van der Waals surface area contributed by atoms with Gasteiger partial charge in [-0.15, -0.1) is 0 Å². The number of ether oxygens (including phenoxy) is 1. The van der Waals surface area contributed by atoms with Crippen LogP contribution in [0.2, 0.25) is 0 Å². The Morgan fingerprint density at radius 3 is 2.46 bits per heavy atom. The molecule has 0 bridgehead atoms. The van der Waals surface area contributed by atoms with Crippen LogP contribution in [0.15, 0.2) is 48.5 Å². The highest BCUT2D eigenvalue weighted by Gasteiger charge is 2.29. The molecule has 0 saturated heterocycles. The Morgan fingerprint density at radius 2 is 1.79 bits per heavy atom. The van der Waals surface area contributed by atoms with Gasteiger partial charge in [-0.2, -0.15) is 0 Å². The maximum Gasteiger partial charge on any atom is 0.251 e. The van der Waals surface area contributed by atoms with Gasteiger partial charge in [-0.25, -0.2) is 0 Å². The van der Waals surface area contributed by atoms with E-state index in [1.165, 1.54) is 0 Å². The van der Waals surface area contributed by atoms with E-state index >= 15 is 0 Å². The van der Waals surface area contributed by atoms with Gasteiger partial charge in [0.25, 0.3) is 5.91 Å². The molecule has 0 unspecified atom stereocenters. The second-order valence-electron chi connectivity index (χ2n) is 5.84. The van der Waals surface area contributed by atoms with Crippen molar-refractivity contribution in [3.8, 4) is 5.75 Å². The third-order valence-electron chi connectivity index (χ3n) is 3.99. The largest absolute Gasteiger partial charge is 0.496 e. The van der Waals surface area contributed by atoms with E-state index in [9.17, 15) is 9.59 Å². The molecule has 2 N–H and O–H groups in total. The Bertz CT molecular complexity index is 737. The molecule has 0 aliphatic heterocycles. The van der Waals surface area contributed by atoms with Crippen LogP contribution in [0.3, 0.4) is 0 Å². The van der Waals surface area contributed by atoms with E-state index in [0.717, 1.165) is 24.2 Å². The quantitative estimate of drug-likeness (QED) is 0.858. The van der Waals surface area contributed by atoms with Crippen molar-refractivity contribution >= 4 is 17.5 Å². The van der Waals surface area contributed by atoms with Crippen LogP contribution < -0.4 is 15.4 Å². The molecule has 1 aliphatic carbocycles. The van der Waals surface area contributed by atoms with Crippen molar-refractivity contribution in [3.05, 3.63) is 59.7 Å². The summed E-state index contributed by atoms with van der Waals surface area (Å²) in [5, 5.41) is 5.73. The van der Waals surface area contributed by atoms with Gasteiger partial charge in [-0.1, -0.05) is 18.2 Å². The molecule has 1 saturated carbocycles. The van der Waals surface area contributed by atoms with Gasteiger partial charge in [0.1, 0.15) is 5.75 Å². The van der Waals surface area contributed by atoms with Crippen molar-refractivity contribution in [2.75, 3.05) is 12.4 Å². The number of carbonyl (C=O) groups is 2. The molecule has 2 aromatic carbocycles. The number of nitrogens with one attached hydrogen (secondary N) is 2. The number of amides is 2. The summed E-state index contributed by atoms with van der Waals surface area (Å²) >= 11 is 0. The summed E-state index contributed by atoms with van der Waals surface area (Å²) < 4.78 is 5.27. The van der Waals surface area contributed by atoms with Crippen LogP contribution in [0.5, 0.6) is 5.75 Å². The molecule has 5 heteroatoms. The first-order valence-corrected chi connectivity index (χ1v) is 7.98. The molecule has 2 aromatic rings. The normalized spacial score (nSPS) is 13.2.